The van der Waals surface area contributed by atoms with Gasteiger partial charge < -0.3 is 30.4 Å². The summed E-state index contributed by atoms with van der Waals surface area (Å²) in [6, 6.07) is 3.53. The minimum Gasteiger partial charge on any atom is -0.367 e. The Morgan fingerprint density at radius 2 is 1.30 bits per heavy atom. The molecule has 0 aromatic carbocycles. The van der Waals surface area contributed by atoms with Crippen LogP contribution in [-0.4, -0.2) is 121 Å². The second kappa shape index (κ2) is 19.6. The summed E-state index contributed by atoms with van der Waals surface area (Å²) in [5.41, 5.74) is 2.68. The monoisotopic (exact) mass is 898 g/mol. The Kier molecular flexibility index (Phi) is 13.4. The van der Waals surface area contributed by atoms with Gasteiger partial charge in [0.2, 0.25) is 11.8 Å². The molecule has 9 rings (SSSR count). The number of hydrogen-bond acceptors (Lipinski definition) is 13. The number of pyridine rings is 2. The lowest BCUT2D eigenvalue weighted by Crippen LogP contribution is -2.43. The summed E-state index contributed by atoms with van der Waals surface area (Å²) in [7, 11) is 0. The highest BCUT2D eigenvalue weighted by molar-refractivity contribution is 6.31. The Morgan fingerprint density at radius 3 is 1.79 bits per heavy atom. The minimum atomic E-state index is -0.544. The maximum absolute atomic E-state index is 14.4. The van der Waals surface area contributed by atoms with Gasteiger partial charge in [-0.15, -0.1) is 11.7 Å². The molecule has 22 heteroatoms. The molecule has 0 aliphatic carbocycles. The van der Waals surface area contributed by atoms with Gasteiger partial charge >= 0.3 is 0 Å². The van der Waals surface area contributed by atoms with Crippen LogP contribution in [0.5, 0.6) is 0 Å². The van der Waals surface area contributed by atoms with Gasteiger partial charge in [-0.2, -0.15) is 0 Å². The highest BCUT2D eigenvalue weighted by Gasteiger charge is 2.26. The molecule has 2 unspecified atom stereocenters. The Hall–Kier alpha value is -6.67. The summed E-state index contributed by atoms with van der Waals surface area (Å²) in [6.45, 7) is 7.37. The summed E-state index contributed by atoms with van der Waals surface area (Å²) >= 11 is 12.1. The fraction of sp³-hybridized carbons (Fsp3) is 0.341. The molecule has 63 heavy (non-hydrogen) atoms. The number of hydrogen-bond donors (Lipinski definition) is 4. The van der Waals surface area contributed by atoms with Gasteiger partial charge in [-0.05, 0) is 60.1 Å². The van der Waals surface area contributed by atoms with Gasteiger partial charge in [0.1, 0.15) is 24.2 Å². The fourth-order valence-electron chi connectivity index (χ4n) is 7.71. The van der Waals surface area contributed by atoms with E-state index in [9.17, 15) is 18.4 Å². The van der Waals surface area contributed by atoms with Crippen LogP contribution in [0.1, 0.15) is 32.1 Å². The first-order chi connectivity index (χ1) is 30.6. The second-order valence-electron chi connectivity index (χ2n) is 15.2. The average molecular weight is 900 g/mol. The van der Waals surface area contributed by atoms with Crippen LogP contribution in [0.4, 0.5) is 20.4 Å². The van der Waals surface area contributed by atoms with Crippen LogP contribution in [0.15, 0.2) is 68.3 Å². The summed E-state index contributed by atoms with van der Waals surface area (Å²) in [4.78, 5) is 59.9. The number of carbonyl (C=O) groups is 2. The number of H-pyrrole nitrogens is 2. The van der Waals surface area contributed by atoms with Crippen LogP contribution in [0.2, 0.25) is 10.0 Å². The summed E-state index contributed by atoms with van der Waals surface area (Å²) in [5, 5.41) is 19.5. The molecular weight excluding hydrogens is 857 g/mol. The number of fused-ring (bicyclic) bond motifs is 2. The number of piperidine rings is 2. The highest BCUT2D eigenvalue weighted by atomic mass is 35.5. The van der Waals surface area contributed by atoms with Gasteiger partial charge in [0, 0.05) is 92.4 Å². The Labute approximate surface area is 368 Å². The predicted octanol–water partition coefficient (Wildman–Crippen LogP) is 6.19. The fourth-order valence-corrected chi connectivity index (χ4v) is 8.03. The summed E-state index contributed by atoms with van der Waals surface area (Å²) in [5.74, 6) is 0.331. The quantitative estimate of drug-likeness (QED) is 0.101. The lowest BCUT2D eigenvalue weighted by atomic mass is 9.97. The lowest BCUT2D eigenvalue weighted by molar-refractivity contribution is -0.134. The number of aromatic amines is 2. The Balaban J connectivity index is 0.000000174. The number of aromatic nitrogens is 12. The van der Waals surface area contributed by atoms with Crippen molar-refractivity contribution in [2.24, 2.45) is 11.8 Å². The van der Waals surface area contributed by atoms with Crippen molar-refractivity contribution in [3.63, 3.8) is 0 Å². The molecule has 2 aliphatic rings. The van der Waals surface area contributed by atoms with Gasteiger partial charge in [0.05, 0.1) is 22.4 Å². The van der Waals surface area contributed by atoms with E-state index in [4.69, 9.17) is 23.2 Å². The molecule has 0 spiro atoms. The molecule has 2 fully saturated rings. The normalized spacial score (nSPS) is 16.4. The minimum absolute atomic E-state index is 0.0471. The Bertz CT molecular complexity index is 2730. The van der Waals surface area contributed by atoms with Crippen molar-refractivity contribution in [3.8, 4) is 22.8 Å². The third-order valence-corrected chi connectivity index (χ3v) is 11.2. The van der Waals surface area contributed by atoms with Crippen molar-refractivity contribution in [1.82, 2.24) is 69.9 Å². The average Bonchev–Trinajstić information content (AvgIpc) is 4.07. The zero-order valence-corrected chi connectivity index (χ0v) is 35.3. The molecule has 2 amide bonds. The first kappa shape index (κ1) is 43.0. The van der Waals surface area contributed by atoms with Crippen molar-refractivity contribution in [2.75, 3.05) is 49.9 Å². The number of likely N-dealkylation sites (tertiary alicyclic amines) is 2. The number of tetrazole rings is 1. The van der Waals surface area contributed by atoms with Crippen LogP contribution >= 0.6 is 23.2 Å². The first-order valence-electron chi connectivity index (χ1n) is 20.3. The number of carbonyl (C=O) groups excluding carboxylic acids is 2. The molecule has 18 nitrogen and oxygen atoms in total. The summed E-state index contributed by atoms with van der Waals surface area (Å²) < 4.78 is 30.2. The SMILES string of the molecule is C=CCC(=O)N1CCCC(CNc2nc(-c3c[nH]c4ncc(Cl)cc34)ncc2F)C1.O=C(Cn1cnnn1)N1CCCC(CNc2nc(-c3c[nH]c4ncc(Cl)cc34)ncc2F)C1. The maximum Gasteiger partial charge on any atom is 0.244 e. The summed E-state index contributed by atoms with van der Waals surface area (Å²) in [6.07, 6.45) is 15.9. The molecule has 326 valence electrons. The standard InChI is InChI=1S/C21H22ClFN6O.C20H20ClFN10O/c1-2-4-18(30)29-6-3-5-13(12-29)8-24-21-17(23)11-27-20(28-21)16-10-26-19-15(16)7-14(22)9-25-19;21-13-4-14-15(7-25-18(14)24-6-13)19-26-8-16(22)20(28-19)23-5-12-2-1-3-31(9-12)17(33)10-32-11-27-29-30-32/h2,7,9-11,13H,1,3-6,8,12H2,(H,25,26)(H,24,27,28);4,6-8,11-12H,1-3,5,9-10H2,(H,24,25)(H,23,26,28). The van der Waals surface area contributed by atoms with E-state index in [-0.39, 0.29) is 41.8 Å². The third kappa shape index (κ3) is 10.3. The van der Waals surface area contributed by atoms with E-state index in [0.29, 0.717) is 83.3 Å². The molecule has 9 heterocycles. The van der Waals surface area contributed by atoms with Crippen molar-refractivity contribution in [3.05, 3.63) is 90.0 Å². The van der Waals surface area contributed by atoms with E-state index in [2.05, 4.69) is 72.6 Å². The van der Waals surface area contributed by atoms with Crippen LogP contribution in [-0.2, 0) is 16.1 Å². The predicted molar refractivity (Wildman–Crippen MR) is 232 cm³/mol. The van der Waals surface area contributed by atoms with E-state index in [1.807, 2.05) is 4.90 Å². The Morgan fingerprint density at radius 1 is 0.778 bits per heavy atom. The second-order valence-corrected chi connectivity index (χ2v) is 16.1. The number of nitrogens with zero attached hydrogens (tertiary/aromatic N) is 12. The molecule has 2 aliphatic heterocycles. The van der Waals surface area contributed by atoms with Crippen molar-refractivity contribution in [2.45, 2.75) is 38.6 Å². The molecule has 2 saturated heterocycles. The van der Waals surface area contributed by atoms with Gasteiger partial charge in [0.25, 0.3) is 0 Å². The molecule has 0 radical (unpaired) electrons. The first-order valence-corrected chi connectivity index (χ1v) is 21.0. The molecule has 7 aromatic rings. The van der Waals surface area contributed by atoms with Crippen molar-refractivity contribution >= 4 is 68.7 Å². The number of anilines is 2. The molecule has 0 saturated carbocycles. The third-order valence-electron chi connectivity index (χ3n) is 10.8. The van der Waals surface area contributed by atoms with E-state index >= 15 is 0 Å². The maximum atomic E-state index is 14.4. The number of nitrogens with one attached hydrogen (secondary N) is 4. The number of amides is 2. The molecule has 2 atom stereocenters. The van der Waals surface area contributed by atoms with Crippen molar-refractivity contribution in [1.29, 1.82) is 0 Å². The van der Waals surface area contributed by atoms with Crippen LogP contribution in [0.25, 0.3) is 44.8 Å². The number of rotatable bonds is 12. The van der Waals surface area contributed by atoms with Gasteiger partial charge in [-0.3, -0.25) is 9.59 Å². The topological polar surface area (TPSA) is 217 Å². The lowest BCUT2D eigenvalue weighted by Gasteiger charge is -2.33. The van der Waals surface area contributed by atoms with Crippen molar-refractivity contribution < 1.29 is 18.4 Å². The zero-order chi connectivity index (χ0) is 43.9. The van der Waals surface area contributed by atoms with Gasteiger partial charge in [0.15, 0.2) is 34.9 Å². The highest BCUT2D eigenvalue weighted by Crippen LogP contribution is 2.30. The zero-order valence-electron chi connectivity index (χ0n) is 33.8. The van der Waals surface area contributed by atoms with E-state index in [1.165, 1.54) is 11.0 Å². The van der Waals surface area contributed by atoms with Crippen LogP contribution in [0.3, 0.4) is 0 Å². The van der Waals surface area contributed by atoms with Crippen LogP contribution in [0, 0.1) is 23.5 Å². The van der Waals surface area contributed by atoms with E-state index in [1.54, 1.807) is 47.9 Å². The van der Waals surface area contributed by atoms with Gasteiger partial charge in [-0.1, -0.05) is 29.3 Å². The van der Waals surface area contributed by atoms with E-state index in [0.717, 1.165) is 55.4 Å². The molecular formula is C41H42Cl2F2N16O2. The molecule has 4 N–H and O–H groups in total. The van der Waals surface area contributed by atoms with Crippen LogP contribution < -0.4 is 10.6 Å². The van der Waals surface area contributed by atoms with E-state index < -0.39 is 11.6 Å². The number of halogens is 4. The largest absolute Gasteiger partial charge is 0.367 e. The smallest absolute Gasteiger partial charge is 0.244 e. The molecule has 7 aromatic heterocycles. The van der Waals surface area contributed by atoms with Gasteiger partial charge in [-0.25, -0.2) is 43.4 Å². The molecule has 0 bridgehead atoms.